The average Bonchev–Trinajstić information content (AvgIpc) is 3.90. The second-order valence-electron chi connectivity index (χ2n) is 17.2. The molecule has 0 radical (unpaired) electrons. The number of hydrogen-bond donors (Lipinski definition) is 3. The van der Waals surface area contributed by atoms with Gasteiger partial charge in [-0.3, -0.25) is 29.4 Å². The van der Waals surface area contributed by atoms with Crippen LogP contribution in [0.1, 0.15) is 77.6 Å². The first-order valence-corrected chi connectivity index (χ1v) is 23.1. The van der Waals surface area contributed by atoms with Crippen LogP contribution in [0.4, 0.5) is 17.2 Å². The minimum absolute atomic E-state index is 0.0961. The van der Waals surface area contributed by atoms with E-state index in [9.17, 15) is 19.2 Å². The summed E-state index contributed by atoms with van der Waals surface area (Å²) in [6.45, 7) is 9.62. The van der Waals surface area contributed by atoms with Crippen LogP contribution in [0.5, 0.6) is 23.0 Å². The number of nitrogens with one attached hydrogen (secondary N) is 3. The van der Waals surface area contributed by atoms with Gasteiger partial charge in [0.15, 0.2) is 17.1 Å². The SMILES string of the molecule is COc1cc2c(Nc3ccc(Oc4ccn5ncnc5c4)c(C)c3)ncnc2cc1OCCCN1CCN(CCCCCCCNc2ccc3c(c2)C(=O)N(C2CCC(=O)NC2=O)C3=O)CC1. The van der Waals surface area contributed by atoms with Gasteiger partial charge in [0.2, 0.25) is 11.8 Å². The number of imide groups is 2. The molecule has 9 rings (SSSR count). The number of anilines is 3. The number of unbranched alkanes of at least 4 members (excludes halogenated alkanes) is 4. The number of carbonyl (C=O) groups is 4. The number of amides is 4. The number of ether oxygens (including phenoxy) is 3. The molecule has 1 atom stereocenters. The lowest BCUT2D eigenvalue weighted by Crippen LogP contribution is -2.54. The molecule has 6 heterocycles. The summed E-state index contributed by atoms with van der Waals surface area (Å²) in [5, 5.41) is 14.0. The molecule has 3 aliphatic rings. The third-order valence-electron chi connectivity index (χ3n) is 12.6. The Morgan fingerprint density at radius 2 is 1.52 bits per heavy atom. The predicted molar refractivity (Wildman–Crippen MR) is 251 cm³/mol. The number of piperazine rings is 1. The van der Waals surface area contributed by atoms with Crippen molar-refractivity contribution in [3.63, 3.8) is 0 Å². The summed E-state index contributed by atoms with van der Waals surface area (Å²) in [6, 6.07) is 17.6. The number of benzene rings is 3. The van der Waals surface area contributed by atoms with E-state index in [-0.39, 0.29) is 24.0 Å². The van der Waals surface area contributed by atoms with Crippen LogP contribution in [0, 0.1) is 6.92 Å². The van der Waals surface area contributed by atoms with Crippen LogP contribution >= 0.6 is 0 Å². The largest absolute Gasteiger partial charge is 0.493 e. The van der Waals surface area contributed by atoms with Gasteiger partial charge in [0.25, 0.3) is 11.8 Å². The molecule has 4 amide bonds. The number of fused-ring (bicyclic) bond motifs is 3. The number of piperidine rings is 1. The minimum Gasteiger partial charge on any atom is -0.493 e. The zero-order valence-electron chi connectivity index (χ0n) is 37.8. The van der Waals surface area contributed by atoms with Crippen molar-refractivity contribution in [2.45, 2.75) is 64.3 Å². The lowest BCUT2D eigenvalue weighted by atomic mass is 10.0. The van der Waals surface area contributed by atoms with Gasteiger partial charge in [-0.05, 0) is 93.2 Å². The normalized spacial score (nSPS) is 16.7. The molecule has 348 valence electrons. The highest BCUT2D eigenvalue weighted by Crippen LogP contribution is 2.36. The van der Waals surface area contributed by atoms with Crippen LogP contribution in [-0.2, 0) is 9.59 Å². The Labute approximate surface area is 388 Å². The molecule has 0 spiro atoms. The van der Waals surface area contributed by atoms with Crippen molar-refractivity contribution in [1.82, 2.24) is 44.6 Å². The van der Waals surface area contributed by atoms with Gasteiger partial charge in [0.05, 0.1) is 30.4 Å². The number of aryl methyl sites for hydroxylation is 1. The predicted octanol–water partition coefficient (Wildman–Crippen LogP) is 6.38. The molecule has 3 aromatic heterocycles. The molecule has 6 aromatic rings. The van der Waals surface area contributed by atoms with E-state index in [2.05, 4.69) is 45.8 Å². The standard InChI is InChI=1S/C49H55N11O7/c1-32-25-34(10-13-41(32)67-35-15-19-59-44(27-35)52-31-54-59)55-46-38-28-42(65-2)43(29-39(38)51-30-53-46)66-24-8-18-58-22-20-57(21-23-58)17-7-5-3-4-6-16-50-33-9-11-36-37(26-33)49(64)60(48(36)63)40-12-14-45(61)56-47(40)62/h9-11,13,15,19,25-31,40,50H,3-8,12,14,16-18,20-24H2,1-2H3,(H,51,53,55)(H,56,61,62). The van der Waals surface area contributed by atoms with Crippen molar-refractivity contribution in [3.05, 3.63) is 96.2 Å². The third kappa shape index (κ3) is 10.4. The van der Waals surface area contributed by atoms with Crippen LogP contribution in [0.25, 0.3) is 16.6 Å². The van der Waals surface area contributed by atoms with Crippen molar-refractivity contribution < 1.29 is 33.4 Å². The molecule has 67 heavy (non-hydrogen) atoms. The molecule has 18 heteroatoms. The smallest absolute Gasteiger partial charge is 0.262 e. The van der Waals surface area contributed by atoms with E-state index in [1.165, 1.54) is 19.2 Å². The Morgan fingerprint density at radius 1 is 0.746 bits per heavy atom. The maximum Gasteiger partial charge on any atom is 0.262 e. The first-order chi connectivity index (χ1) is 32.7. The zero-order valence-corrected chi connectivity index (χ0v) is 37.8. The van der Waals surface area contributed by atoms with Gasteiger partial charge in [0.1, 0.15) is 36.0 Å². The molecule has 3 N–H and O–H groups in total. The molecule has 2 fully saturated rings. The molecule has 0 saturated carbocycles. The summed E-state index contributed by atoms with van der Waals surface area (Å²) in [7, 11) is 1.64. The Morgan fingerprint density at radius 3 is 2.33 bits per heavy atom. The van der Waals surface area contributed by atoms with Crippen LogP contribution in [-0.4, -0.2) is 128 Å². The Kier molecular flexibility index (Phi) is 13.8. The number of carbonyl (C=O) groups excluding carboxylic acids is 4. The topological polar surface area (TPSA) is 198 Å². The number of methoxy groups -OCH3 is 1. The number of hydrogen-bond acceptors (Lipinski definition) is 15. The highest BCUT2D eigenvalue weighted by atomic mass is 16.5. The van der Waals surface area contributed by atoms with Gasteiger partial charge in [0, 0.05) is 80.8 Å². The lowest BCUT2D eigenvalue weighted by molar-refractivity contribution is -0.136. The summed E-state index contributed by atoms with van der Waals surface area (Å²) in [4.78, 5) is 69.4. The van der Waals surface area contributed by atoms with Crippen molar-refractivity contribution in [2.75, 3.05) is 70.2 Å². The van der Waals surface area contributed by atoms with E-state index in [1.54, 1.807) is 36.2 Å². The number of pyridine rings is 1. The molecule has 0 bridgehead atoms. The van der Waals surface area contributed by atoms with E-state index in [0.29, 0.717) is 35.3 Å². The summed E-state index contributed by atoms with van der Waals surface area (Å²) >= 11 is 0. The van der Waals surface area contributed by atoms with Crippen LogP contribution in [0.15, 0.2) is 79.5 Å². The van der Waals surface area contributed by atoms with Crippen molar-refractivity contribution in [2.24, 2.45) is 0 Å². The number of nitrogens with zero attached hydrogens (tertiary/aromatic N) is 8. The number of aromatic nitrogens is 5. The molecule has 1 unspecified atom stereocenters. The Bertz CT molecular complexity index is 2790. The fourth-order valence-electron chi connectivity index (χ4n) is 8.91. The average molecular weight is 910 g/mol. The van der Waals surface area contributed by atoms with Gasteiger partial charge in [-0.25, -0.2) is 19.5 Å². The summed E-state index contributed by atoms with van der Waals surface area (Å²) < 4.78 is 19.9. The summed E-state index contributed by atoms with van der Waals surface area (Å²) in [6.07, 6.45) is 11.6. The van der Waals surface area contributed by atoms with E-state index in [4.69, 9.17) is 14.2 Å². The molecule has 2 saturated heterocycles. The molecule has 18 nitrogen and oxygen atoms in total. The summed E-state index contributed by atoms with van der Waals surface area (Å²) in [5.41, 5.74) is 4.61. The molecular formula is C49H55N11O7. The van der Waals surface area contributed by atoms with Crippen LogP contribution < -0.4 is 30.2 Å². The van der Waals surface area contributed by atoms with Crippen molar-refractivity contribution >= 4 is 57.4 Å². The Hall–Kier alpha value is -7.18. The molecule has 3 aromatic carbocycles. The van der Waals surface area contributed by atoms with Gasteiger partial charge in [-0.15, -0.1) is 0 Å². The Balaban J connectivity index is 0.649. The van der Waals surface area contributed by atoms with Crippen molar-refractivity contribution in [3.8, 4) is 23.0 Å². The third-order valence-corrected chi connectivity index (χ3v) is 12.6. The quantitative estimate of drug-likeness (QED) is 0.0564. The van der Waals surface area contributed by atoms with E-state index >= 15 is 0 Å². The van der Waals surface area contributed by atoms with Gasteiger partial charge >= 0.3 is 0 Å². The van der Waals surface area contributed by atoms with Crippen LogP contribution in [0.2, 0.25) is 0 Å². The monoisotopic (exact) mass is 909 g/mol. The fourth-order valence-corrected chi connectivity index (χ4v) is 8.91. The number of rotatable bonds is 20. The highest BCUT2D eigenvalue weighted by molar-refractivity contribution is 6.23. The van der Waals surface area contributed by atoms with Gasteiger partial charge in [-0.2, -0.15) is 5.10 Å². The van der Waals surface area contributed by atoms with E-state index < -0.39 is 29.7 Å². The van der Waals surface area contributed by atoms with E-state index in [1.807, 2.05) is 55.6 Å². The maximum absolute atomic E-state index is 13.1. The minimum atomic E-state index is -0.964. The summed E-state index contributed by atoms with van der Waals surface area (Å²) in [5.74, 6) is 1.36. The van der Waals surface area contributed by atoms with Gasteiger partial charge < -0.3 is 34.6 Å². The second-order valence-corrected chi connectivity index (χ2v) is 17.2. The van der Waals surface area contributed by atoms with E-state index in [0.717, 1.165) is 110 Å². The van der Waals surface area contributed by atoms with Crippen LogP contribution in [0.3, 0.4) is 0 Å². The zero-order chi connectivity index (χ0) is 46.3. The molecular weight excluding hydrogens is 855 g/mol. The second kappa shape index (κ2) is 20.6. The lowest BCUT2D eigenvalue weighted by Gasteiger charge is -2.34. The van der Waals surface area contributed by atoms with Crippen molar-refractivity contribution in [1.29, 1.82) is 0 Å². The maximum atomic E-state index is 13.1. The molecule has 0 aliphatic carbocycles. The highest BCUT2D eigenvalue weighted by Gasteiger charge is 2.44. The first-order valence-electron chi connectivity index (χ1n) is 23.1. The van der Waals surface area contributed by atoms with Gasteiger partial charge in [-0.1, -0.05) is 19.3 Å². The molecule has 3 aliphatic heterocycles. The fraction of sp³-hybridized carbons (Fsp3) is 0.388. The first kappa shape index (κ1) is 45.0.